The quantitative estimate of drug-likeness (QED) is 0.116. The first-order valence-corrected chi connectivity index (χ1v) is 18.5. The van der Waals surface area contributed by atoms with Crippen molar-refractivity contribution in [1.82, 2.24) is 24.1 Å². The van der Waals surface area contributed by atoms with Crippen molar-refractivity contribution in [2.75, 3.05) is 0 Å². The Hall–Kier alpha value is -6.37. The van der Waals surface area contributed by atoms with E-state index in [-0.39, 0.29) is 0 Å². The average molecular weight is 644 g/mol. The smallest absolute Gasteiger partial charge is 0.201 e. The standard InChI is InChI=1S/C43H29N5Si/c1-4-14-30(15-5-1)47-39-22-12-10-21-36(39)37-26-27-41(46-43(37)47)49(31-16-6-2-7-17-31,32-18-8-3-9-19-32)33-24-25-34-35-20-11-13-23-40(35)48-42(38(34)28-33)44-29-45-48/h1-29H. The SMILES string of the molecule is c1ccc(-n2c3ccccc3c3ccc([Si](c4ccccc4)(c4ccccc4)c4ccc5c6ccccc6n6ncnc6c5c4)nc32)cc1. The number of para-hydroxylation sites is 3. The second-order valence-corrected chi connectivity index (χ2v) is 16.3. The molecule has 0 saturated carbocycles. The Bertz CT molecular complexity index is 2790. The van der Waals surface area contributed by atoms with Gasteiger partial charge in [0.05, 0.1) is 11.0 Å². The van der Waals surface area contributed by atoms with Gasteiger partial charge in [-0.15, -0.1) is 0 Å². The first kappa shape index (κ1) is 27.7. The van der Waals surface area contributed by atoms with Crippen LogP contribution in [0.3, 0.4) is 0 Å². The molecule has 0 aliphatic carbocycles. The van der Waals surface area contributed by atoms with Gasteiger partial charge in [-0.2, -0.15) is 5.10 Å². The Kier molecular flexibility index (Phi) is 6.13. The number of rotatable bonds is 5. The fourth-order valence-electron chi connectivity index (χ4n) is 7.89. The molecule has 0 spiro atoms. The molecule has 0 aliphatic heterocycles. The van der Waals surface area contributed by atoms with Crippen LogP contribution in [-0.2, 0) is 0 Å². The zero-order valence-electron chi connectivity index (χ0n) is 26.5. The lowest BCUT2D eigenvalue weighted by Crippen LogP contribution is -2.75. The summed E-state index contributed by atoms with van der Waals surface area (Å²) in [6.45, 7) is 0. The molecule has 49 heavy (non-hydrogen) atoms. The first-order chi connectivity index (χ1) is 24.3. The largest absolute Gasteiger partial charge is 0.294 e. The van der Waals surface area contributed by atoms with Crippen molar-refractivity contribution < 1.29 is 0 Å². The highest BCUT2D eigenvalue weighted by Gasteiger charge is 2.43. The molecular weight excluding hydrogens is 615 g/mol. The average Bonchev–Trinajstić information content (AvgIpc) is 3.80. The van der Waals surface area contributed by atoms with Gasteiger partial charge in [0.25, 0.3) is 0 Å². The molecule has 0 atom stereocenters. The monoisotopic (exact) mass is 643 g/mol. The second-order valence-electron chi connectivity index (χ2n) is 12.5. The normalized spacial score (nSPS) is 12.1. The molecule has 0 saturated heterocycles. The molecule has 10 aromatic rings. The Morgan fingerprint density at radius 2 is 1.02 bits per heavy atom. The lowest BCUT2D eigenvalue weighted by atomic mass is 10.1. The van der Waals surface area contributed by atoms with Crippen LogP contribution >= 0.6 is 0 Å². The molecule has 4 aromatic heterocycles. The van der Waals surface area contributed by atoms with Crippen molar-refractivity contribution in [3.8, 4) is 5.69 Å². The van der Waals surface area contributed by atoms with Gasteiger partial charge in [-0.3, -0.25) is 4.57 Å². The Morgan fingerprint density at radius 3 is 1.73 bits per heavy atom. The minimum atomic E-state index is -3.02. The molecule has 230 valence electrons. The number of hydrogen-bond donors (Lipinski definition) is 0. The van der Waals surface area contributed by atoms with Crippen molar-refractivity contribution in [3.63, 3.8) is 0 Å². The number of benzene rings is 6. The fraction of sp³-hybridized carbons (Fsp3) is 0. The number of nitrogens with zero attached hydrogens (tertiary/aromatic N) is 5. The first-order valence-electron chi connectivity index (χ1n) is 16.5. The van der Waals surface area contributed by atoms with Crippen LogP contribution in [0.2, 0.25) is 0 Å². The van der Waals surface area contributed by atoms with Crippen LogP contribution in [0, 0.1) is 0 Å². The van der Waals surface area contributed by atoms with E-state index in [9.17, 15) is 0 Å². The van der Waals surface area contributed by atoms with Gasteiger partial charge >= 0.3 is 0 Å². The molecule has 0 N–H and O–H groups in total. The molecule has 0 radical (unpaired) electrons. The predicted molar refractivity (Wildman–Crippen MR) is 204 cm³/mol. The van der Waals surface area contributed by atoms with Crippen LogP contribution in [-0.4, -0.2) is 32.2 Å². The summed E-state index contributed by atoms with van der Waals surface area (Å²) in [5, 5.41) is 15.3. The number of fused-ring (bicyclic) bond motifs is 9. The molecule has 4 heterocycles. The fourth-order valence-corrected chi connectivity index (χ4v) is 12.5. The van der Waals surface area contributed by atoms with E-state index in [4.69, 9.17) is 9.97 Å². The van der Waals surface area contributed by atoms with Crippen molar-refractivity contribution in [3.05, 3.63) is 176 Å². The van der Waals surface area contributed by atoms with E-state index in [1.807, 2.05) is 4.52 Å². The summed E-state index contributed by atoms with van der Waals surface area (Å²) in [6.07, 6.45) is 1.66. The van der Waals surface area contributed by atoms with E-state index < -0.39 is 8.07 Å². The van der Waals surface area contributed by atoms with Crippen molar-refractivity contribution in [2.24, 2.45) is 0 Å². The Morgan fingerprint density at radius 1 is 0.429 bits per heavy atom. The van der Waals surface area contributed by atoms with Gasteiger partial charge in [-0.25, -0.2) is 14.5 Å². The lowest BCUT2D eigenvalue weighted by molar-refractivity contribution is 1.01. The highest BCUT2D eigenvalue weighted by atomic mass is 28.3. The highest BCUT2D eigenvalue weighted by Crippen LogP contribution is 2.31. The second kappa shape index (κ2) is 10.8. The van der Waals surface area contributed by atoms with E-state index in [2.05, 4.69) is 180 Å². The molecule has 6 heteroatoms. The summed E-state index contributed by atoms with van der Waals surface area (Å²) in [6, 6.07) is 61.2. The van der Waals surface area contributed by atoms with E-state index >= 15 is 0 Å². The van der Waals surface area contributed by atoms with Gasteiger partial charge in [0, 0.05) is 32.5 Å². The van der Waals surface area contributed by atoms with Gasteiger partial charge in [0.15, 0.2) is 5.65 Å². The number of hydrogen-bond acceptors (Lipinski definition) is 3. The molecule has 0 unspecified atom stereocenters. The van der Waals surface area contributed by atoms with Crippen LogP contribution < -0.4 is 20.9 Å². The van der Waals surface area contributed by atoms with Crippen LogP contribution in [0.15, 0.2) is 176 Å². The lowest BCUT2D eigenvalue weighted by Gasteiger charge is -2.33. The Labute approximate surface area is 283 Å². The maximum Gasteiger partial charge on any atom is 0.201 e. The van der Waals surface area contributed by atoms with Gasteiger partial charge in [-0.05, 0) is 57.3 Å². The van der Waals surface area contributed by atoms with E-state index in [1.165, 1.54) is 20.9 Å². The van der Waals surface area contributed by atoms with Crippen LogP contribution in [0.25, 0.3) is 54.9 Å². The van der Waals surface area contributed by atoms with Crippen molar-refractivity contribution >= 4 is 78.2 Å². The van der Waals surface area contributed by atoms with Crippen molar-refractivity contribution in [1.29, 1.82) is 0 Å². The third-order valence-corrected chi connectivity index (χ3v) is 14.6. The van der Waals surface area contributed by atoms with Crippen LogP contribution in [0.5, 0.6) is 0 Å². The van der Waals surface area contributed by atoms with Gasteiger partial charge < -0.3 is 0 Å². The molecule has 5 nitrogen and oxygen atoms in total. The molecule has 6 aromatic carbocycles. The highest BCUT2D eigenvalue weighted by molar-refractivity contribution is 7.19. The summed E-state index contributed by atoms with van der Waals surface area (Å²) >= 11 is 0. The van der Waals surface area contributed by atoms with Crippen LogP contribution in [0.4, 0.5) is 0 Å². The van der Waals surface area contributed by atoms with E-state index in [0.29, 0.717) is 0 Å². The van der Waals surface area contributed by atoms with Crippen LogP contribution in [0.1, 0.15) is 0 Å². The topological polar surface area (TPSA) is 48.0 Å². The van der Waals surface area contributed by atoms with Gasteiger partial charge in [0.2, 0.25) is 8.07 Å². The third-order valence-electron chi connectivity index (χ3n) is 10.00. The number of aromatic nitrogens is 5. The summed E-state index contributed by atoms with van der Waals surface area (Å²) in [7, 11) is -3.02. The molecule has 0 aliphatic rings. The Balaban J connectivity index is 1.36. The summed E-state index contributed by atoms with van der Waals surface area (Å²) < 4.78 is 4.29. The van der Waals surface area contributed by atoms with E-state index in [0.717, 1.165) is 54.9 Å². The minimum Gasteiger partial charge on any atom is -0.294 e. The summed E-state index contributed by atoms with van der Waals surface area (Å²) in [5.74, 6) is 0. The summed E-state index contributed by atoms with van der Waals surface area (Å²) in [4.78, 5) is 10.6. The van der Waals surface area contributed by atoms with E-state index in [1.54, 1.807) is 6.33 Å². The zero-order chi connectivity index (χ0) is 32.4. The maximum atomic E-state index is 5.76. The molecule has 0 fully saturated rings. The number of pyridine rings is 2. The predicted octanol–water partition coefficient (Wildman–Crippen LogP) is 6.91. The molecule has 10 rings (SSSR count). The summed E-state index contributed by atoms with van der Waals surface area (Å²) in [5.41, 5.74) is 5.10. The van der Waals surface area contributed by atoms with Gasteiger partial charge in [-0.1, -0.05) is 133 Å². The third kappa shape index (κ3) is 4.01. The zero-order valence-corrected chi connectivity index (χ0v) is 27.5. The molecular formula is C43H29N5Si. The maximum absolute atomic E-state index is 5.76. The molecule has 0 bridgehead atoms. The molecule has 0 amide bonds. The minimum absolute atomic E-state index is 0.854. The van der Waals surface area contributed by atoms with Gasteiger partial charge in [0.1, 0.15) is 12.0 Å². The van der Waals surface area contributed by atoms with Crippen molar-refractivity contribution in [2.45, 2.75) is 0 Å².